The molecule has 1 atom stereocenters. The molecule has 1 aliphatic carbocycles. The van der Waals surface area contributed by atoms with E-state index in [-0.39, 0.29) is 12.2 Å². The molecule has 0 radical (unpaired) electrons. The first-order chi connectivity index (χ1) is 13.4. The lowest BCUT2D eigenvalue weighted by molar-refractivity contribution is 0.394. The van der Waals surface area contributed by atoms with Crippen molar-refractivity contribution in [3.05, 3.63) is 58.4 Å². The quantitative estimate of drug-likeness (QED) is 0.751. The third-order valence-electron chi connectivity index (χ3n) is 5.26. The van der Waals surface area contributed by atoms with Crippen molar-refractivity contribution in [3.63, 3.8) is 0 Å². The van der Waals surface area contributed by atoms with Gasteiger partial charge >= 0.3 is 0 Å². The van der Waals surface area contributed by atoms with E-state index >= 15 is 4.39 Å². The van der Waals surface area contributed by atoms with Crippen molar-refractivity contribution >= 4 is 11.8 Å². The molecule has 0 amide bonds. The number of hydrogen-bond acceptors (Lipinski definition) is 3. The Hall–Kier alpha value is -2.80. The zero-order valence-corrected chi connectivity index (χ0v) is 16.2. The zero-order valence-electron chi connectivity index (χ0n) is 16.2. The highest BCUT2D eigenvalue weighted by atomic mass is 19.1. The van der Waals surface area contributed by atoms with Gasteiger partial charge in [-0.3, -0.25) is 9.25 Å². The number of alkyl halides is 1. The molecule has 0 fully saturated rings. The Labute approximate surface area is 162 Å². The second-order valence-corrected chi connectivity index (χ2v) is 7.23. The summed E-state index contributed by atoms with van der Waals surface area (Å²) in [7, 11) is 1.82. The summed E-state index contributed by atoms with van der Waals surface area (Å²) in [6.45, 7) is 4.16. The summed E-state index contributed by atoms with van der Waals surface area (Å²) in [6.07, 6.45) is 3.16. The van der Waals surface area contributed by atoms with E-state index in [1.165, 1.54) is 6.07 Å². The molecule has 0 bridgehead atoms. The standard InChI is InChI=1S/C21H23F2N5/c1-12-13(2)28(20-9-16-11-27(3)26-19(16)10-18(20)23)21(25-12)15-5-4-14(6-7-24)17(22)8-15/h4-5,8-9,11,18H,6-7,10,24H2,1-3H3. The summed E-state index contributed by atoms with van der Waals surface area (Å²) in [5.74, 6) is 0.214. The van der Waals surface area contributed by atoms with Crippen molar-refractivity contribution < 1.29 is 8.78 Å². The maximum Gasteiger partial charge on any atom is 0.146 e. The molecule has 1 unspecified atom stereocenters. The van der Waals surface area contributed by atoms with Gasteiger partial charge < -0.3 is 5.73 Å². The van der Waals surface area contributed by atoms with E-state index in [2.05, 4.69) is 10.1 Å². The molecule has 0 saturated carbocycles. The Kier molecular flexibility index (Phi) is 4.63. The maximum atomic E-state index is 15.1. The van der Waals surface area contributed by atoms with Crippen LogP contribution in [0.3, 0.4) is 0 Å². The smallest absolute Gasteiger partial charge is 0.146 e. The van der Waals surface area contributed by atoms with Crippen LogP contribution in [0.25, 0.3) is 23.2 Å². The summed E-state index contributed by atoms with van der Waals surface area (Å²) in [4.78, 5) is 4.61. The minimum Gasteiger partial charge on any atom is -0.330 e. The number of nitrogens with zero attached hydrogens (tertiary/aromatic N) is 4. The molecule has 0 saturated heterocycles. The first-order valence-corrected chi connectivity index (χ1v) is 9.32. The van der Waals surface area contributed by atoms with E-state index in [1.54, 1.807) is 15.3 Å². The number of aromatic nitrogens is 4. The van der Waals surface area contributed by atoms with E-state index in [9.17, 15) is 4.39 Å². The molecule has 4 rings (SSSR count). The second kappa shape index (κ2) is 6.98. The second-order valence-electron chi connectivity index (χ2n) is 7.23. The molecule has 1 aromatic carbocycles. The number of imidazole rings is 1. The predicted molar refractivity (Wildman–Crippen MR) is 106 cm³/mol. The maximum absolute atomic E-state index is 15.1. The third kappa shape index (κ3) is 3.05. The largest absolute Gasteiger partial charge is 0.330 e. The zero-order chi connectivity index (χ0) is 20.0. The normalized spacial score (nSPS) is 16.2. The minimum absolute atomic E-state index is 0.210. The van der Waals surface area contributed by atoms with Crippen LogP contribution < -0.4 is 5.73 Å². The van der Waals surface area contributed by atoms with Gasteiger partial charge in [0.15, 0.2) is 0 Å². The van der Waals surface area contributed by atoms with Crippen LogP contribution in [0.15, 0.2) is 24.4 Å². The van der Waals surface area contributed by atoms with Crippen molar-refractivity contribution in [3.8, 4) is 11.4 Å². The molecule has 5 nitrogen and oxygen atoms in total. The van der Waals surface area contributed by atoms with E-state index in [0.717, 1.165) is 22.6 Å². The molecule has 28 heavy (non-hydrogen) atoms. The molecule has 0 spiro atoms. The molecule has 7 heteroatoms. The monoisotopic (exact) mass is 383 g/mol. The van der Waals surface area contributed by atoms with Gasteiger partial charge in [-0.2, -0.15) is 5.10 Å². The van der Waals surface area contributed by atoms with Crippen LogP contribution in [0.2, 0.25) is 0 Å². The van der Waals surface area contributed by atoms with E-state index < -0.39 is 6.17 Å². The van der Waals surface area contributed by atoms with Crippen LogP contribution in [0.5, 0.6) is 0 Å². The van der Waals surface area contributed by atoms with Crippen LogP contribution in [0, 0.1) is 19.7 Å². The Morgan fingerprint density at radius 3 is 2.79 bits per heavy atom. The third-order valence-corrected chi connectivity index (χ3v) is 5.26. The molecule has 2 heterocycles. The topological polar surface area (TPSA) is 61.7 Å². The van der Waals surface area contributed by atoms with E-state index in [1.807, 2.05) is 39.2 Å². The number of nitrogens with two attached hydrogens (primary N) is 1. The SMILES string of the molecule is Cc1nc(-c2ccc(CCN)c(F)c2)n(C2=Cc3cn(C)nc3CC2F)c1C. The Morgan fingerprint density at radius 1 is 1.29 bits per heavy atom. The number of fused-ring (bicyclic) bond motifs is 1. The number of benzene rings is 1. The Bertz CT molecular complexity index is 1080. The minimum atomic E-state index is -1.21. The lowest BCUT2D eigenvalue weighted by atomic mass is 10.00. The molecule has 2 aromatic heterocycles. The van der Waals surface area contributed by atoms with E-state index in [0.29, 0.717) is 35.6 Å². The number of halogens is 2. The van der Waals surface area contributed by atoms with Crippen molar-refractivity contribution in [2.45, 2.75) is 32.9 Å². The average Bonchev–Trinajstić information content (AvgIpc) is 3.15. The van der Waals surface area contributed by atoms with Gasteiger partial charge in [-0.15, -0.1) is 0 Å². The van der Waals surface area contributed by atoms with Gasteiger partial charge in [0.1, 0.15) is 17.8 Å². The summed E-state index contributed by atoms with van der Waals surface area (Å²) >= 11 is 0. The number of allylic oxidation sites excluding steroid dienone is 1. The predicted octanol–water partition coefficient (Wildman–Crippen LogP) is 3.43. The average molecular weight is 383 g/mol. The van der Waals surface area contributed by atoms with Crippen LogP contribution in [-0.2, 0) is 19.9 Å². The first kappa shape index (κ1) is 18.6. The lowest BCUT2D eigenvalue weighted by Gasteiger charge is -2.21. The molecule has 1 aliphatic rings. The molecule has 0 aliphatic heterocycles. The van der Waals surface area contributed by atoms with Crippen molar-refractivity contribution in [2.24, 2.45) is 12.8 Å². The number of aryl methyl sites for hydroxylation is 2. The highest BCUT2D eigenvalue weighted by Crippen LogP contribution is 2.34. The van der Waals surface area contributed by atoms with Gasteiger partial charge in [-0.05, 0) is 44.5 Å². The molecule has 2 N–H and O–H groups in total. The van der Waals surface area contributed by atoms with Crippen molar-refractivity contribution in [1.29, 1.82) is 0 Å². The van der Waals surface area contributed by atoms with Gasteiger partial charge in [0.2, 0.25) is 0 Å². The molecule has 146 valence electrons. The molecule has 3 aromatic rings. The van der Waals surface area contributed by atoms with Crippen LogP contribution in [0.1, 0.15) is 28.2 Å². The van der Waals surface area contributed by atoms with E-state index in [4.69, 9.17) is 5.73 Å². The Morgan fingerprint density at radius 2 is 2.07 bits per heavy atom. The lowest BCUT2D eigenvalue weighted by Crippen LogP contribution is -2.19. The van der Waals surface area contributed by atoms with Crippen LogP contribution in [0.4, 0.5) is 8.78 Å². The fourth-order valence-corrected chi connectivity index (χ4v) is 3.73. The Balaban J connectivity index is 1.86. The van der Waals surface area contributed by atoms with Gasteiger partial charge in [-0.25, -0.2) is 13.8 Å². The molecular weight excluding hydrogens is 360 g/mol. The number of hydrogen-bond donors (Lipinski definition) is 1. The summed E-state index contributed by atoms with van der Waals surface area (Å²) in [6, 6.07) is 5.00. The van der Waals surface area contributed by atoms with Crippen molar-refractivity contribution in [2.75, 3.05) is 6.54 Å². The summed E-state index contributed by atoms with van der Waals surface area (Å²) in [5, 5.41) is 4.32. The molecular formula is C21H23F2N5. The fraction of sp³-hybridized carbons (Fsp3) is 0.333. The fourth-order valence-electron chi connectivity index (χ4n) is 3.73. The highest BCUT2D eigenvalue weighted by Gasteiger charge is 2.28. The first-order valence-electron chi connectivity index (χ1n) is 9.32. The van der Waals surface area contributed by atoms with Gasteiger partial charge in [0.05, 0.1) is 17.1 Å². The van der Waals surface area contributed by atoms with Gasteiger partial charge in [0, 0.05) is 36.5 Å². The van der Waals surface area contributed by atoms with Crippen molar-refractivity contribution in [1.82, 2.24) is 19.3 Å². The van der Waals surface area contributed by atoms with Crippen LogP contribution in [-0.4, -0.2) is 32.0 Å². The summed E-state index contributed by atoms with van der Waals surface area (Å²) in [5.41, 5.74) is 10.5. The summed E-state index contributed by atoms with van der Waals surface area (Å²) < 4.78 is 33.1. The number of rotatable bonds is 4. The highest BCUT2D eigenvalue weighted by molar-refractivity contribution is 5.80. The van der Waals surface area contributed by atoms with Gasteiger partial charge in [0.25, 0.3) is 0 Å². The van der Waals surface area contributed by atoms with Gasteiger partial charge in [-0.1, -0.05) is 12.1 Å². The van der Waals surface area contributed by atoms with Crippen LogP contribution >= 0.6 is 0 Å².